The molecule has 0 N–H and O–H groups in total. The van der Waals surface area contributed by atoms with Gasteiger partial charge >= 0.3 is 0 Å². The zero-order valence-corrected chi connectivity index (χ0v) is 15.1. The van der Waals surface area contributed by atoms with Crippen molar-refractivity contribution in [2.45, 2.75) is 46.0 Å². The molecule has 0 saturated heterocycles. The lowest BCUT2D eigenvalue weighted by molar-refractivity contribution is 0.442. The molecule has 0 radical (unpaired) electrons. The lowest BCUT2D eigenvalue weighted by atomic mass is 9.76. The Morgan fingerprint density at radius 1 is 0.720 bits per heavy atom. The Labute approximate surface area is 150 Å². The number of rotatable bonds is 7. The van der Waals surface area contributed by atoms with Gasteiger partial charge in [-0.05, 0) is 37.1 Å². The SMILES string of the molecule is CCCCC1C(c2ccccn2)=NN=C(c2ccccn2)C1CCC. The minimum absolute atomic E-state index is 0.348. The van der Waals surface area contributed by atoms with Gasteiger partial charge in [-0.25, -0.2) is 0 Å². The minimum Gasteiger partial charge on any atom is -0.255 e. The third-order valence-corrected chi connectivity index (χ3v) is 4.78. The van der Waals surface area contributed by atoms with E-state index < -0.39 is 0 Å². The summed E-state index contributed by atoms with van der Waals surface area (Å²) in [5.41, 5.74) is 3.97. The van der Waals surface area contributed by atoms with Crippen molar-refractivity contribution in [3.8, 4) is 0 Å². The third kappa shape index (κ3) is 4.01. The van der Waals surface area contributed by atoms with Crippen molar-refractivity contribution in [3.63, 3.8) is 0 Å². The van der Waals surface area contributed by atoms with Crippen molar-refractivity contribution in [1.29, 1.82) is 0 Å². The molecule has 1 aliphatic rings. The molecule has 2 unspecified atom stereocenters. The monoisotopic (exact) mass is 334 g/mol. The summed E-state index contributed by atoms with van der Waals surface area (Å²) in [6.45, 7) is 4.47. The number of pyridine rings is 2. The predicted molar refractivity (Wildman–Crippen MR) is 103 cm³/mol. The summed E-state index contributed by atoms with van der Waals surface area (Å²) >= 11 is 0. The maximum atomic E-state index is 4.63. The van der Waals surface area contributed by atoms with Crippen LogP contribution in [-0.2, 0) is 0 Å². The van der Waals surface area contributed by atoms with E-state index in [0.717, 1.165) is 42.1 Å². The van der Waals surface area contributed by atoms with E-state index >= 15 is 0 Å². The van der Waals surface area contributed by atoms with Crippen molar-refractivity contribution in [3.05, 3.63) is 60.2 Å². The van der Waals surface area contributed by atoms with Gasteiger partial charge < -0.3 is 0 Å². The Morgan fingerprint density at radius 3 is 1.72 bits per heavy atom. The van der Waals surface area contributed by atoms with Crippen molar-refractivity contribution < 1.29 is 0 Å². The molecule has 3 heterocycles. The second-order valence-corrected chi connectivity index (χ2v) is 6.54. The lowest BCUT2D eigenvalue weighted by Crippen LogP contribution is -2.35. The van der Waals surface area contributed by atoms with Crippen LogP contribution in [0.4, 0.5) is 0 Å². The Hall–Kier alpha value is -2.36. The topological polar surface area (TPSA) is 50.5 Å². The maximum Gasteiger partial charge on any atom is 0.0924 e. The summed E-state index contributed by atoms with van der Waals surface area (Å²) in [6.07, 6.45) is 9.36. The quantitative estimate of drug-likeness (QED) is 0.722. The summed E-state index contributed by atoms with van der Waals surface area (Å²) in [4.78, 5) is 9.07. The molecule has 4 nitrogen and oxygen atoms in total. The highest BCUT2D eigenvalue weighted by atomic mass is 15.2. The highest BCUT2D eigenvalue weighted by Crippen LogP contribution is 2.33. The molecule has 0 bridgehead atoms. The zero-order chi connectivity index (χ0) is 17.5. The van der Waals surface area contributed by atoms with Crippen molar-refractivity contribution in [2.24, 2.45) is 22.0 Å². The molecule has 2 aromatic rings. The van der Waals surface area contributed by atoms with E-state index in [1.807, 2.05) is 48.8 Å². The van der Waals surface area contributed by atoms with E-state index in [9.17, 15) is 0 Å². The van der Waals surface area contributed by atoms with Crippen molar-refractivity contribution >= 4 is 11.4 Å². The van der Waals surface area contributed by atoms with Gasteiger partial charge in [0.2, 0.25) is 0 Å². The van der Waals surface area contributed by atoms with Gasteiger partial charge in [-0.2, -0.15) is 10.2 Å². The molecular formula is C21H26N4. The minimum atomic E-state index is 0.348. The highest BCUT2D eigenvalue weighted by molar-refractivity contribution is 6.10. The number of aromatic nitrogens is 2. The van der Waals surface area contributed by atoms with E-state index in [2.05, 4.69) is 34.0 Å². The fraction of sp³-hybridized carbons (Fsp3) is 0.429. The number of nitrogens with zero attached hydrogens (tertiary/aromatic N) is 4. The third-order valence-electron chi connectivity index (χ3n) is 4.78. The molecule has 130 valence electrons. The van der Waals surface area contributed by atoms with Crippen LogP contribution >= 0.6 is 0 Å². The molecule has 4 heteroatoms. The van der Waals surface area contributed by atoms with Gasteiger partial charge in [0.1, 0.15) is 0 Å². The van der Waals surface area contributed by atoms with Gasteiger partial charge in [0.15, 0.2) is 0 Å². The van der Waals surface area contributed by atoms with Crippen LogP contribution in [0.5, 0.6) is 0 Å². The predicted octanol–water partition coefficient (Wildman–Crippen LogP) is 4.91. The van der Waals surface area contributed by atoms with Crippen LogP contribution in [0.25, 0.3) is 0 Å². The second-order valence-electron chi connectivity index (χ2n) is 6.54. The van der Waals surface area contributed by atoms with Crippen LogP contribution in [0.2, 0.25) is 0 Å². The molecule has 1 aliphatic heterocycles. The standard InChI is InChI=1S/C21H26N4/c1-3-5-11-17-16(10-4-2)20(18-12-6-8-14-22-18)24-25-21(17)19-13-7-9-15-23-19/h6-9,12-17H,3-5,10-11H2,1-2H3. The van der Waals surface area contributed by atoms with E-state index in [-0.39, 0.29) is 0 Å². The molecule has 25 heavy (non-hydrogen) atoms. The summed E-state index contributed by atoms with van der Waals surface area (Å²) in [7, 11) is 0. The van der Waals surface area contributed by atoms with Crippen LogP contribution in [-0.4, -0.2) is 21.4 Å². The Bertz CT molecular complexity index is 722. The largest absolute Gasteiger partial charge is 0.255 e. The van der Waals surface area contributed by atoms with Gasteiger partial charge in [0.05, 0.1) is 22.8 Å². The first-order valence-corrected chi connectivity index (χ1v) is 9.33. The fourth-order valence-electron chi connectivity index (χ4n) is 3.56. The normalized spacial score (nSPS) is 20.1. The average Bonchev–Trinajstić information content (AvgIpc) is 2.68. The molecule has 3 rings (SSSR count). The summed E-state index contributed by atoms with van der Waals surface area (Å²) in [5, 5.41) is 9.24. The fourth-order valence-corrected chi connectivity index (χ4v) is 3.56. The van der Waals surface area contributed by atoms with E-state index in [1.165, 1.54) is 12.8 Å². The van der Waals surface area contributed by atoms with Gasteiger partial charge in [0.25, 0.3) is 0 Å². The van der Waals surface area contributed by atoms with E-state index in [4.69, 9.17) is 0 Å². The first kappa shape index (κ1) is 17.5. The summed E-state index contributed by atoms with van der Waals surface area (Å²) in [5.74, 6) is 0.699. The van der Waals surface area contributed by atoms with Gasteiger partial charge in [-0.3, -0.25) is 9.97 Å². The molecule has 0 aliphatic carbocycles. The zero-order valence-electron chi connectivity index (χ0n) is 15.1. The Morgan fingerprint density at radius 2 is 1.28 bits per heavy atom. The molecule has 0 fully saturated rings. The first-order chi connectivity index (χ1) is 12.3. The molecule has 0 spiro atoms. The summed E-state index contributed by atoms with van der Waals surface area (Å²) in [6, 6.07) is 12.0. The highest BCUT2D eigenvalue weighted by Gasteiger charge is 2.34. The molecule has 2 aromatic heterocycles. The van der Waals surface area contributed by atoms with Crippen LogP contribution in [0.15, 0.2) is 59.0 Å². The van der Waals surface area contributed by atoms with Crippen LogP contribution in [0.1, 0.15) is 57.3 Å². The van der Waals surface area contributed by atoms with E-state index in [0.29, 0.717) is 11.8 Å². The van der Waals surface area contributed by atoms with Crippen molar-refractivity contribution in [1.82, 2.24) is 9.97 Å². The average molecular weight is 334 g/mol. The van der Waals surface area contributed by atoms with Gasteiger partial charge in [0, 0.05) is 24.2 Å². The van der Waals surface area contributed by atoms with E-state index in [1.54, 1.807) is 0 Å². The Kier molecular flexibility index (Phi) is 6.04. The maximum absolute atomic E-state index is 4.63. The number of hydrogen-bond acceptors (Lipinski definition) is 4. The number of unbranched alkanes of at least 4 members (excludes halogenated alkanes) is 1. The van der Waals surface area contributed by atoms with Crippen LogP contribution in [0, 0.1) is 11.8 Å². The van der Waals surface area contributed by atoms with Crippen molar-refractivity contribution in [2.75, 3.05) is 0 Å². The van der Waals surface area contributed by atoms with Crippen LogP contribution in [0.3, 0.4) is 0 Å². The second kappa shape index (κ2) is 8.65. The molecule has 0 amide bonds. The smallest absolute Gasteiger partial charge is 0.0924 e. The van der Waals surface area contributed by atoms with Crippen LogP contribution < -0.4 is 0 Å². The van der Waals surface area contributed by atoms with Gasteiger partial charge in [-0.1, -0.05) is 45.2 Å². The van der Waals surface area contributed by atoms with Gasteiger partial charge in [-0.15, -0.1) is 0 Å². The first-order valence-electron chi connectivity index (χ1n) is 9.33. The molecule has 2 atom stereocenters. The lowest BCUT2D eigenvalue weighted by Gasteiger charge is -2.31. The number of hydrogen-bond donors (Lipinski definition) is 0. The Balaban J connectivity index is 2.04. The summed E-state index contributed by atoms with van der Waals surface area (Å²) < 4.78 is 0. The molecule has 0 saturated carbocycles. The molecule has 0 aromatic carbocycles. The molecular weight excluding hydrogens is 308 g/mol.